The van der Waals surface area contributed by atoms with Crippen LogP contribution >= 0.6 is 0 Å². The van der Waals surface area contributed by atoms with E-state index in [0.717, 1.165) is 6.54 Å². The molecule has 1 fully saturated rings. The molecule has 1 heterocycles. The minimum absolute atomic E-state index is 0.565. The molecule has 2 heteroatoms. The molecule has 1 aliphatic heterocycles. The lowest BCUT2D eigenvalue weighted by molar-refractivity contribution is 0.332. The number of rotatable bonds is 6. The van der Waals surface area contributed by atoms with Gasteiger partial charge in [-0.3, -0.25) is 4.90 Å². The van der Waals surface area contributed by atoms with E-state index in [-0.39, 0.29) is 0 Å². The summed E-state index contributed by atoms with van der Waals surface area (Å²) in [6.45, 7) is 8.14. The molecule has 1 N–H and O–H groups in total. The fraction of sp³-hybridized carbons (Fsp3) is 0.625. The van der Waals surface area contributed by atoms with E-state index in [4.69, 9.17) is 0 Å². The van der Waals surface area contributed by atoms with Gasteiger partial charge in [-0.15, -0.1) is 0 Å². The average Bonchev–Trinajstić information content (AvgIpc) is 2.85. The van der Waals surface area contributed by atoms with Crippen molar-refractivity contribution in [2.75, 3.05) is 18.4 Å². The van der Waals surface area contributed by atoms with Gasteiger partial charge >= 0.3 is 0 Å². The maximum atomic E-state index is 3.66. The Labute approximate surface area is 111 Å². The molecule has 1 aromatic carbocycles. The molecule has 1 aliphatic rings. The van der Waals surface area contributed by atoms with Crippen LogP contribution in [0.25, 0.3) is 0 Å². The van der Waals surface area contributed by atoms with Crippen LogP contribution in [0.15, 0.2) is 24.3 Å². The number of benzene rings is 1. The van der Waals surface area contributed by atoms with Crippen LogP contribution in [0.2, 0.25) is 0 Å². The predicted octanol–water partition coefficient (Wildman–Crippen LogP) is 3.88. The fourth-order valence-corrected chi connectivity index (χ4v) is 2.75. The van der Waals surface area contributed by atoms with Gasteiger partial charge in [0.05, 0.1) is 0 Å². The summed E-state index contributed by atoms with van der Waals surface area (Å²) in [6, 6.07) is 9.33. The van der Waals surface area contributed by atoms with Gasteiger partial charge in [-0.25, -0.2) is 0 Å². The lowest BCUT2D eigenvalue weighted by Crippen LogP contribution is -2.21. The lowest BCUT2D eigenvalue weighted by atomic mass is 10.1. The Hall–Kier alpha value is -1.02. The largest absolute Gasteiger partial charge is 0.382 e. The van der Waals surface area contributed by atoms with Gasteiger partial charge in [-0.2, -0.15) is 0 Å². The molecule has 0 radical (unpaired) electrons. The molecule has 0 bridgehead atoms. The van der Waals surface area contributed by atoms with Crippen LogP contribution < -0.4 is 5.32 Å². The van der Waals surface area contributed by atoms with Crippen LogP contribution in [0.4, 0.5) is 5.69 Å². The maximum Gasteiger partial charge on any atom is 0.0387 e. The van der Waals surface area contributed by atoms with Crippen molar-refractivity contribution in [1.82, 2.24) is 4.90 Å². The smallest absolute Gasteiger partial charge is 0.0387 e. The number of nitrogens with zero attached hydrogens (tertiary/aromatic N) is 1. The van der Waals surface area contributed by atoms with Crippen molar-refractivity contribution in [2.45, 2.75) is 52.1 Å². The van der Waals surface area contributed by atoms with E-state index in [1.807, 2.05) is 0 Å². The predicted molar refractivity (Wildman–Crippen MR) is 78.9 cm³/mol. The number of anilines is 1. The van der Waals surface area contributed by atoms with Gasteiger partial charge in [0.2, 0.25) is 0 Å². The molecule has 2 nitrogen and oxygen atoms in total. The van der Waals surface area contributed by atoms with Gasteiger partial charge in [0.1, 0.15) is 0 Å². The molecule has 0 amide bonds. The summed E-state index contributed by atoms with van der Waals surface area (Å²) in [6.07, 6.45) is 5.20. The first kappa shape index (κ1) is 13.4. The van der Waals surface area contributed by atoms with E-state index in [0.29, 0.717) is 6.04 Å². The summed E-state index contributed by atoms with van der Waals surface area (Å²) in [5.74, 6) is 0. The van der Waals surface area contributed by atoms with Crippen molar-refractivity contribution in [3.8, 4) is 0 Å². The van der Waals surface area contributed by atoms with Gasteiger partial charge in [-0.1, -0.05) is 31.5 Å². The van der Waals surface area contributed by atoms with Crippen molar-refractivity contribution >= 4 is 5.69 Å². The molecule has 0 aliphatic carbocycles. The zero-order valence-corrected chi connectivity index (χ0v) is 11.8. The number of hydrogen-bond acceptors (Lipinski definition) is 2. The van der Waals surface area contributed by atoms with Crippen LogP contribution in [0.3, 0.4) is 0 Å². The fourth-order valence-electron chi connectivity index (χ4n) is 2.75. The molecule has 0 aromatic heterocycles. The molecular weight excluding hydrogens is 220 g/mol. The standard InChI is InChI=1S/C16H26N2/c1-3-8-14(2)17-16-10-5-4-9-15(16)13-18-11-6-7-12-18/h4-5,9-10,14,17H,3,6-8,11-13H2,1-2H3. The molecule has 0 saturated carbocycles. The molecule has 100 valence electrons. The Kier molecular flexibility index (Phi) is 5.06. The highest BCUT2D eigenvalue weighted by Gasteiger charge is 2.13. The summed E-state index contributed by atoms with van der Waals surface area (Å²) < 4.78 is 0. The molecule has 1 aromatic rings. The van der Waals surface area contributed by atoms with Gasteiger partial charge in [-0.05, 0) is 50.9 Å². The van der Waals surface area contributed by atoms with Crippen molar-refractivity contribution in [3.05, 3.63) is 29.8 Å². The molecule has 18 heavy (non-hydrogen) atoms. The third-order valence-corrected chi connectivity index (χ3v) is 3.73. The second-order valence-electron chi connectivity index (χ2n) is 5.47. The SMILES string of the molecule is CCCC(C)Nc1ccccc1CN1CCCC1. The van der Waals surface area contributed by atoms with Crippen LogP contribution in [-0.2, 0) is 6.54 Å². The Morgan fingerprint density at radius 3 is 2.67 bits per heavy atom. The van der Waals surface area contributed by atoms with Crippen molar-refractivity contribution < 1.29 is 0 Å². The minimum Gasteiger partial charge on any atom is -0.382 e. The van der Waals surface area contributed by atoms with Gasteiger partial charge in [0, 0.05) is 18.3 Å². The van der Waals surface area contributed by atoms with Crippen molar-refractivity contribution in [1.29, 1.82) is 0 Å². The summed E-state index contributed by atoms with van der Waals surface area (Å²) in [7, 11) is 0. The van der Waals surface area contributed by atoms with Crippen LogP contribution in [0, 0.1) is 0 Å². The van der Waals surface area contributed by atoms with Gasteiger partial charge < -0.3 is 5.32 Å². The lowest BCUT2D eigenvalue weighted by Gasteiger charge is -2.21. The average molecular weight is 246 g/mol. The first-order chi connectivity index (χ1) is 8.79. The second kappa shape index (κ2) is 6.79. The first-order valence-electron chi connectivity index (χ1n) is 7.36. The third kappa shape index (κ3) is 3.74. The zero-order chi connectivity index (χ0) is 12.8. The molecular formula is C16H26N2. The van der Waals surface area contributed by atoms with E-state index in [1.165, 1.54) is 50.0 Å². The summed E-state index contributed by atoms with van der Waals surface area (Å²) in [5.41, 5.74) is 2.77. The van der Waals surface area contributed by atoms with Crippen LogP contribution in [0.1, 0.15) is 45.1 Å². The quantitative estimate of drug-likeness (QED) is 0.819. The molecule has 1 unspecified atom stereocenters. The van der Waals surface area contributed by atoms with E-state index < -0.39 is 0 Å². The summed E-state index contributed by atoms with van der Waals surface area (Å²) >= 11 is 0. The van der Waals surface area contributed by atoms with E-state index in [1.54, 1.807) is 0 Å². The Bertz CT molecular complexity index is 356. The molecule has 0 spiro atoms. The van der Waals surface area contributed by atoms with Gasteiger partial charge in [0.15, 0.2) is 0 Å². The minimum atomic E-state index is 0.565. The third-order valence-electron chi connectivity index (χ3n) is 3.73. The van der Waals surface area contributed by atoms with Crippen LogP contribution in [0.5, 0.6) is 0 Å². The number of nitrogens with one attached hydrogen (secondary N) is 1. The maximum absolute atomic E-state index is 3.66. The molecule has 2 rings (SSSR count). The normalized spacial score (nSPS) is 17.9. The second-order valence-corrected chi connectivity index (χ2v) is 5.47. The number of likely N-dealkylation sites (tertiary alicyclic amines) is 1. The highest BCUT2D eigenvalue weighted by molar-refractivity contribution is 5.51. The number of para-hydroxylation sites is 1. The molecule has 1 saturated heterocycles. The monoisotopic (exact) mass is 246 g/mol. The summed E-state index contributed by atoms with van der Waals surface area (Å²) in [5, 5.41) is 3.66. The van der Waals surface area contributed by atoms with Gasteiger partial charge in [0.25, 0.3) is 0 Å². The van der Waals surface area contributed by atoms with Crippen molar-refractivity contribution in [3.63, 3.8) is 0 Å². The Morgan fingerprint density at radius 2 is 1.94 bits per heavy atom. The Morgan fingerprint density at radius 1 is 1.22 bits per heavy atom. The molecule has 1 atom stereocenters. The first-order valence-corrected chi connectivity index (χ1v) is 7.36. The van der Waals surface area contributed by atoms with E-state index in [2.05, 4.69) is 48.3 Å². The highest BCUT2D eigenvalue weighted by atomic mass is 15.1. The van der Waals surface area contributed by atoms with Crippen LogP contribution in [-0.4, -0.2) is 24.0 Å². The topological polar surface area (TPSA) is 15.3 Å². The Balaban J connectivity index is 2.00. The zero-order valence-electron chi connectivity index (χ0n) is 11.8. The van der Waals surface area contributed by atoms with E-state index in [9.17, 15) is 0 Å². The van der Waals surface area contributed by atoms with Crippen molar-refractivity contribution in [2.24, 2.45) is 0 Å². The number of hydrogen-bond donors (Lipinski definition) is 1. The van der Waals surface area contributed by atoms with E-state index >= 15 is 0 Å². The summed E-state index contributed by atoms with van der Waals surface area (Å²) in [4.78, 5) is 2.56. The highest BCUT2D eigenvalue weighted by Crippen LogP contribution is 2.21.